The number of rotatable bonds is 8. The van der Waals surface area contributed by atoms with Crippen molar-refractivity contribution in [3.8, 4) is 0 Å². The molecule has 1 N–H and O–H groups in total. The van der Waals surface area contributed by atoms with Crippen molar-refractivity contribution in [1.82, 2.24) is 14.5 Å². The molecule has 1 heterocycles. The Kier molecular flexibility index (Phi) is 4.39. The first-order valence-corrected chi connectivity index (χ1v) is 6.25. The minimum atomic E-state index is 0.686. The van der Waals surface area contributed by atoms with Gasteiger partial charge in [0, 0.05) is 45.2 Å². The van der Waals surface area contributed by atoms with Crippen molar-refractivity contribution in [3.05, 3.63) is 12.4 Å². The number of nitrogens with zero attached hydrogens (tertiary/aromatic N) is 3. The van der Waals surface area contributed by atoms with Crippen molar-refractivity contribution in [2.24, 2.45) is 0 Å². The Hall–Kier alpha value is -1.07. The summed E-state index contributed by atoms with van der Waals surface area (Å²) in [5.41, 5.74) is 0. The highest BCUT2D eigenvalue weighted by Gasteiger charge is 2.25. The third-order valence-corrected chi connectivity index (χ3v) is 3.06. The molecule has 0 saturated heterocycles. The first kappa shape index (κ1) is 12.4. The first-order chi connectivity index (χ1) is 8.31. The maximum atomic E-state index is 5.04. The van der Waals surface area contributed by atoms with Gasteiger partial charge in [0.15, 0.2) is 0 Å². The molecule has 1 saturated carbocycles. The molecule has 0 unspecified atom stereocenters. The Labute approximate surface area is 103 Å². The van der Waals surface area contributed by atoms with E-state index in [-0.39, 0.29) is 0 Å². The third kappa shape index (κ3) is 3.71. The maximum absolute atomic E-state index is 5.04. The maximum Gasteiger partial charge on any atom is 0.203 e. The van der Waals surface area contributed by atoms with Crippen molar-refractivity contribution >= 4 is 5.95 Å². The molecule has 1 aromatic heterocycles. The lowest BCUT2D eigenvalue weighted by Crippen LogP contribution is -2.28. The van der Waals surface area contributed by atoms with Crippen LogP contribution in [0, 0.1) is 0 Å². The summed E-state index contributed by atoms with van der Waals surface area (Å²) in [6, 6.07) is 0.686. The monoisotopic (exact) mass is 238 g/mol. The summed E-state index contributed by atoms with van der Waals surface area (Å²) >= 11 is 0. The second-order valence-corrected chi connectivity index (χ2v) is 4.61. The second kappa shape index (κ2) is 6.02. The van der Waals surface area contributed by atoms with Gasteiger partial charge in [0.05, 0.1) is 6.61 Å². The van der Waals surface area contributed by atoms with Gasteiger partial charge in [-0.05, 0) is 19.9 Å². The summed E-state index contributed by atoms with van der Waals surface area (Å²) < 4.78 is 7.29. The van der Waals surface area contributed by atoms with Crippen molar-refractivity contribution in [3.63, 3.8) is 0 Å². The van der Waals surface area contributed by atoms with E-state index >= 15 is 0 Å². The van der Waals surface area contributed by atoms with Crippen molar-refractivity contribution in [1.29, 1.82) is 0 Å². The fourth-order valence-electron chi connectivity index (χ4n) is 1.81. The molecule has 17 heavy (non-hydrogen) atoms. The minimum absolute atomic E-state index is 0.686. The zero-order valence-corrected chi connectivity index (χ0v) is 10.7. The van der Waals surface area contributed by atoms with E-state index in [0.717, 1.165) is 32.2 Å². The second-order valence-electron chi connectivity index (χ2n) is 4.61. The van der Waals surface area contributed by atoms with E-state index in [2.05, 4.69) is 33.0 Å². The molecule has 0 spiro atoms. The van der Waals surface area contributed by atoms with Crippen LogP contribution >= 0.6 is 0 Å². The van der Waals surface area contributed by atoms with Gasteiger partial charge in [-0.1, -0.05) is 0 Å². The molecule has 0 aromatic carbocycles. The van der Waals surface area contributed by atoms with Crippen LogP contribution in [0.3, 0.4) is 0 Å². The number of anilines is 1. The first-order valence-electron chi connectivity index (χ1n) is 6.25. The van der Waals surface area contributed by atoms with Crippen molar-refractivity contribution in [2.45, 2.75) is 18.9 Å². The van der Waals surface area contributed by atoms with Gasteiger partial charge >= 0.3 is 0 Å². The van der Waals surface area contributed by atoms with E-state index < -0.39 is 0 Å². The molecule has 5 heteroatoms. The van der Waals surface area contributed by atoms with Crippen LogP contribution in [-0.4, -0.2) is 54.8 Å². The number of ether oxygens (including phenoxy) is 1. The summed E-state index contributed by atoms with van der Waals surface area (Å²) in [5, 5.41) is 3.39. The molecule has 5 nitrogen and oxygen atoms in total. The third-order valence-electron chi connectivity index (χ3n) is 3.06. The standard InChI is InChI=1S/C12H22N4O/c1-15(9-10-17-2)7-5-13-12-14-6-8-16(12)11-3-4-11/h6,8,11H,3-5,7,9-10H2,1-2H3,(H,13,14). The van der Waals surface area contributed by atoms with Crippen LogP contribution in [0.15, 0.2) is 12.4 Å². The molecule has 0 aliphatic heterocycles. The number of hydrogen-bond acceptors (Lipinski definition) is 4. The average molecular weight is 238 g/mol. The SMILES string of the molecule is COCCN(C)CCNc1nccn1C1CC1. The Morgan fingerprint density at radius 2 is 2.35 bits per heavy atom. The zero-order chi connectivity index (χ0) is 12.1. The molecule has 0 atom stereocenters. The minimum Gasteiger partial charge on any atom is -0.383 e. The number of aromatic nitrogens is 2. The highest BCUT2D eigenvalue weighted by Crippen LogP contribution is 2.36. The van der Waals surface area contributed by atoms with Crippen molar-refractivity contribution in [2.75, 3.05) is 45.7 Å². The lowest BCUT2D eigenvalue weighted by Gasteiger charge is -2.16. The van der Waals surface area contributed by atoms with Crippen LogP contribution in [-0.2, 0) is 4.74 Å². The summed E-state index contributed by atoms with van der Waals surface area (Å²) in [7, 11) is 3.84. The molecule has 1 fully saturated rings. The molecule has 0 radical (unpaired) electrons. The van der Waals surface area contributed by atoms with Gasteiger partial charge in [0.25, 0.3) is 0 Å². The molecule has 2 rings (SSSR count). The summed E-state index contributed by atoms with van der Waals surface area (Å²) in [6.07, 6.45) is 6.52. The molecule has 0 amide bonds. The van der Waals surface area contributed by atoms with Gasteiger partial charge in [-0.3, -0.25) is 0 Å². The van der Waals surface area contributed by atoms with Crippen LogP contribution in [0.5, 0.6) is 0 Å². The summed E-state index contributed by atoms with van der Waals surface area (Å²) in [6.45, 7) is 3.67. The van der Waals surface area contributed by atoms with Crippen LogP contribution in [0.4, 0.5) is 5.95 Å². The lowest BCUT2D eigenvalue weighted by molar-refractivity contribution is 0.163. The zero-order valence-electron chi connectivity index (χ0n) is 10.7. The van der Waals surface area contributed by atoms with E-state index in [0.29, 0.717) is 6.04 Å². The van der Waals surface area contributed by atoms with Crippen LogP contribution in [0.1, 0.15) is 18.9 Å². The predicted molar refractivity (Wildman–Crippen MR) is 68.4 cm³/mol. The number of likely N-dealkylation sites (N-methyl/N-ethyl adjacent to an activating group) is 1. The quantitative estimate of drug-likeness (QED) is 0.739. The fraction of sp³-hybridized carbons (Fsp3) is 0.750. The molecule has 1 aliphatic carbocycles. The van der Waals surface area contributed by atoms with Gasteiger partial charge in [0.2, 0.25) is 5.95 Å². The Morgan fingerprint density at radius 3 is 3.06 bits per heavy atom. The highest BCUT2D eigenvalue weighted by molar-refractivity contribution is 5.27. The van der Waals surface area contributed by atoms with E-state index in [1.807, 2.05) is 6.20 Å². The number of nitrogens with one attached hydrogen (secondary N) is 1. The van der Waals surface area contributed by atoms with E-state index in [1.54, 1.807) is 7.11 Å². The highest BCUT2D eigenvalue weighted by atomic mass is 16.5. The predicted octanol–water partition coefficient (Wildman–Crippen LogP) is 1.21. The molecule has 96 valence electrons. The molecule has 1 aliphatic rings. The van der Waals surface area contributed by atoms with Gasteiger partial charge in [0.1, 0.15) is 0 Å². The number of hydrogen-bond donors (Lipinski definition) is 1. The number of imidazole rings is 1. The summed E-state index contributed by atoms with van der Waals surface area (Å²) in [5.74, 6) is 1.01. The van der Waals surface area contributed by atoms with Crippen LogP contribution < -0.4 is 5.32 Å². The van der Waals surface area contributed by atoms with E-state index in [4.69, 9.17) is 4.74 Å². The Bertz CT molecular complexity index is 335. The lowest BCUT2D eigenvalue weighted by atomic mass is 10.5. The van der Waals surface area contributed by atoms with Crippen molar-refractivity contribution < 1.29 is 4.74 Å². The number of methoxy groups -OCH3 is 1. The fourth-order valence-corrected chi connectivity index (χ4v) is 1.81. The van der Waals surface area contributed by atoms with Gasteiger partial charge < -0.3 is 19.5 Å². The van der Waals surface area contributed by atoms with Crippen LogP contribution in [0.25, 0.3) is 0 Å². The molecular weight excluding hydrogens is 216 g/mol. The normalized spacial score (nSPS) is 15.5. The van der Waals surface area contributed by atoms with Gasteiger partial charge in [-0.2, -0.15) is 0 Å². The topological polar surface area (TPSA) is 42.3 Å². The van der Waals surface area contributed by atoms with Crippen LogP contribution in [0.2, 0.25) is 0 Å². The summed E-state index contributed by atoms with van der Waals surface area (Å²) in [4.78, 5) is 6.60. The molecular formula is C12H22N4O. The molecule has 1 aromatic rings. The Morgan fingerprint density at radius 1 is 1.53 bits per heavy atom. The molecule has 0 bridgehead atoms. The largest absolute Gasteiger partial charge is 0.383 e. The van der Waals surface area contributed by atoms with E-state index in [1.165, 1.54) is 12.8 Å². The van der Waals surface area contributed by atoms with E-state index in [9.17, 15) is 0 Å². The Balaban J connectivity index is 1.68. The average Bonchev–Trinajstić information content (AvgIpc) is 3.07. The van der Waals surface area contributed by atoms with Gasteiger partial charge in [-0.25, -0.2) is 4.98 Å². The van der Waals surface area contributed by atoms with Gasteiger partial charge in [-0.15, -0.1) is 0 Å². The smallest absolute Gasteiger partial charge is 0.203 e.